The van der Waals surface area contributed by atoms with Crippen LogP contribution in [-0.2, 0) is 0 Å². The van der Waals surface area contributed by atoms with Crippen molar-refractivity contribution >= 4 is 17.6 Å². The molecule has 0 amide bonds. The van der Waals surface area contributed by atoms with Crippen molar-refractivity contribution in [3.63, 3.8) is 0 Å². The number of nitrogens with zero attached hydrogens (tertiary/aromatic N) is 1. The van der Waals surface area contributed by atoms with Crippen molar-refractivity contribution in [3.8, 4) is 11.8 Å². The fourth-order valence-corrected chi connectivity index (χ4v) is 2.16. The van der Waals surface area contributed by atoms with Gasteiger partial charge in [-0.1, -0.05) is 23.7 Å². The van der Waals surface area contributed by atoms with Crippen LogP contribution in [0.5, 0.6) is 5.75 Å². The van der Waals surface area contributed by atoms with Crippen LogP contribution < -0.4 is 4.74 Å². The first-order chi connectivity index (χ1) is 9.52. The molecule has 0 spiro atoms. The highest BCUT2D eigenvalue weighted by atomic mass is 35.5. The van der Waals surface area contributed by atoms with Crippen LogP contribution in [-0.4, -0.2) is 5.97 Å². The van der Waals surface area contributed by atoms with Gasteiger partial charge in [0.05, 0.1) is 22.2 Å². The zero-order chi connectivity index (χ0) is 14.7. The van der Waals surface area contributed by atoms with Gasteiger partial charge in [-0.3, -0.25) is 0 Å². The first-order valence-corrected chi connectivity index (χ1v) is 6.38. The minimum atomic E-state index is -0.508. The summed E-state index contributed by atoms with van der Waals surface area (Å²) in [5.74, 6) is -0.0413. The molecule has 0 atom stereocenters. The maximum Gasteiger partial charge on any atom is 0.345 e. The Labute approximate surface area is 122 Å². The monoisotopic (exact) mass is 285 g/mol. The Balaban J connectivity index is 2.34. The molecule has 0 saturated heterocycles. The van der Waals surface area contributed by atoms with Gasteiger partial charge in [-0.15, -0.1) is 0 Å². The minimum Gasteiger partial charge on any atom is -0.422 e. The van der Waals surface area contributed by atoms with E-state index in [4.69, 9.17) is 21.6 Å². The molecule has 2 aromatic rings. The predicted molar refractivity (Wildman–Crippen MR) is 77.0 cm³/mol. The number of carbonyl (C=O) groups excluding carboxylic acids is 1. The van der Waals surface area contributed by atoms with Crippen LogP contribution in [0.2, 0.25) is 5.02 Å². The van der Waals surface area contributed by atoms with Crippen LogP contribution in [0.4, 0.5) is 0 Å². The molecule has 0 radical (unpaired) electrons. The lowest BCUT2D eigenvalue weighted by molar-refractivity contribution is 0.0732. The van der Waals surface area contributed by atoms with Crippen LogP contribution in [0.15, 0.2) is 36.4 Å². The van der Waals surface area contributed by atoms with Crippen molar-refractivity contribution in [2.75, 3.05) is 0 Å². The fourth-order valence-electron chi connectivity index (χ4n) is 1.95. The zero-order valence-electron chi connectivity index (χ0n) is 11.1. The molecule has 2 aromatic carbocycles. The molecule has 0 saturated carbocycles. The van der Waals surface area contributed by atoms with Gasteiger partial charge in [0.25, 0.3) is 0 Å². The first kappa shape index (κ1) is 14.1. The Kier molecular flexibility index (Phi) is 4.07. The van der Waals surface area contributed by atoms with Crippen LogP contribution in [0.25, 0.3) is 0 Å². The highest BCUT2D eigenvalue weighted by Gasteiger charge is 2.15. The summed E-state index contributed by atoms with van der Waals surface area (Å²) in [6, 6.07) is 12.2. The van der Waals surface area contributed by atoms with E-state index >= 15 is 0 Å². The van der Waals surface area contributed by atoms with E-state index in [1.165, 1.54) is 0 Å². The summed E-state index contributed by atoms with van der Waals surface area (Å²) in [7, 11) is 0. The Bertz CT molecular complexity index is 694. The number of ether oxygens (including phenoxy) is 1. The van der Waals surface area contributed by atoms with Crippen molar-refractivity contribution in [3.05, 3.63) is 63.7 Å². The average Bonchev–Trinajstić information content (AvgIpc) is 2.42. The van der Waals surface area contributed by atoms with Gasteiger partial charge in [-0.05, 0) is 49.2 Å². The number of hydrogen-bond donors (Lipinski definition) is 0. The minimum absolute atomic E-state index is 0.317. The van der Waals surface area contributed by atoms with E-state index in [1.54, 1.807) is 50.2 Å². The lowest BCUT2D eigenvalue weighted by atomic mass is 10.1. The number of aryl methyl sites for hydroxylation is 2. The molecule has 0 heterocycles. The van der Waals surface area contributed by atoms with Crippen molar-refractivity contribution in [2.24, 2.45) is 0 Å². The number of halogens is 1. The largest absolute Gasteiger partial charge is 0.422 e. The van der Waals surface area contributed by atoms with Crippen molar-refractivity contribution in [1.29, 1.82) is 5.26 Å². The van der Waals surface area contributed by atoms with Gasteiger partial charge in [0.15, 0.2) is 0 Å². The molecule has 0 aliphatic rings. The Morgan fingerprint density at radius 2 is 1.80 bits per heavy atom. The van der Waals surface area contributed by atoms with E-state index in [2.05, 4.69) is 6.07 Å². The molecule has 0 aliphatic carbocycles. The summed E-state index contributed by atoms with van der Waals surface area (Å²) < 4.78 is 5.41. The van der Waals surface area contributed by atoms with E-state index in [-0.39, 0.29) is 0 Å². The third-order valence-electron chi connectivity index (χ3n) is 2.88. The fraction of sp³-hybridized carbons (Fsp3) is 0.125. The normalized spacial score (nSPS) is 9.90. The van der Waals surface area contributed by atoms with E-state index in [9.17, 15) is 4.79 Å². The molecular weight excluding hydrogens is 274 g/mol. The smallest absolute Gasteiger partial charge is 0.345 e. The van der Waals surface area contributed by atoms with Crippen LogP contribution in [0, 0.1) is 25.2 Å². The standard InChI is InChI=1S/C16H12ClNO2/c1-10-7-12(9-18)8-11(2)15(10)20-16(19)13-5-3-4-6-14(13)17/h3-8H,1-2H3. The maximum absolute atomic E-state index is 12.1. The Hall–Kier alpha value is -2.31. The van der Waals surface area contributed by atoms with E-state index < -0.39 is 5.97 Å². The molecule has 2 rings (SSSR count). The summed E-state index contributed by atoms with van der Waals surface area (Å²) in [6.45, 7) is 3.59. The van der Waals surface area contributed by atoms with E-state index in [1.807, 2.05) is 0 Å². The highest BCUT2D eigenvalue weighted by Crippen LogP contribution is 2.26. The average molecular weight is 286 g/mol. The van der Waals surface area contributed by atoms with Crippen LogP contribution in [0.1, 0.15) is 27.0 Å². The molecule has 0 aliphatic heterocycles. The SMILES string of the molecule is Cc1cc(C#N)cc(C)c1OC(=O)c1ccccc1Cl. The number of rotatable bonds is 2. The van der Waals surface area contributed by atoms with Crippen molar-refractivity contribution < 1.29 is 9.53 Å². The molecule has 0 bridgehead atoms. The summed E-state index contributed by atoms with van der Waals surface area (Å²) in [5.41, 5.74) is 2.33. The molecular formula is C16H12ClNO2. The van der Waals surface area contributed by atoms with Crippen molar-refractivity contribution in [1.82, 2.24) is 0 Å². The van der Waals surface area contributed by atoms with Gasteiger partial charge in [0.2, 0.25) is 0 Å². The van der Waals surface area contributed by atoms with E-state index in [0.29, 0.717) is 21.9 Å². The maximum atomic E-state index is 12.1. The molecule has 0 unspecified atom stereocenters. The van der Waals surface area contributed by atoms with Gasteiger partial charge >= 0.3 is 5.97 Å². The predicted octanol–water partition coefficient (Wildman–Crippen LogP) is 4.05. The van der Waals surface area contributed by atoms with Crippen LogP contribution in [0.3, 0.4) is 0 Å². The molecule has 4 heteroatoms. The lowest BCUT2D eigenvalue weighted by Gasteiger charge is -2.11. The van der Waals surface area contributed by atoms with Crippen molar-refractivity contribution in [2.45, 2.75) is 13.8 Å². The molecule has 100 valence electrons. The summed E-state index contributed by atoms with van der Waals surface area (Å²) >= 11 is 5.97. The summed E-state index contributed by atoms with van der Waals surface area (Å²) in [6.07, 6.45) is 0. The molecule has 0 N–H and O–H groups in total. The first-order valence-electron chi connectivity index (χ1n) is 6.01. The number of hydrogen-bond acceptors (Lipinski definition) is 3. The molecule has 0 fully saturated rings. The molecule has 3 nitrogen and oxygen atoms in total. The number of benzene rings is 2. The topological polar surface area (TPSA) is 50.1 Å². The summed E-state index contributed by atoms with van der Waals surface area (Å²) in [4.78, 5) is 12.1. The van der Waals surface area contributed by atoms with Gasteiger partial charge < -0.3 is 4.74 Å². The van der Waals surface area contributed by atoms with Crippen LogP contribution >= 0.6 is 11.6 Å². The number of carbonyl (C=O) groups is 1. The second-order valence-electron chi connectivity index (χ2n) is 4.42. The van der Waals surface area contributed by atoms with Gasteiger partial charge in [0, 0.05) is 0 Å². The third-order valence-corrected chi connectivity index (χ3v) is 3.21. The Morgan fingerprint density at radius 1 is 1.20 bits per heavy atom. The third kappa shape index (κ3) is 2.81. The number of esters is 1. The summed E-state index contributed by atoms with van der Waals surface area (Å²) in [5, 5.41) is 9.25. The highest BCUT2D eigenvalue weighted by molar-refractivity contribution is 6.33. The second kappa shape index (κ2) is 5.77. The quantitative estimate of drug-likeness (QED) is 0.618. The lowest BCUT2D eigenvalue weighted by Crippen LogP contribution is -2.11. The second-order valence-corrected chi connectivity index (χ2v) is 4.83. The molecule has 0 aromatic heterocycles. The van der Waals surface area contributed by atoms with Gasteiger partial charge in [-0.2, -0.15) is 5.26 Å². The van der Waals surface area contributed by atoms with E-state index in [0.717, 1.165) is 11.1 Å². The Morgan fingerprint density at radius 3 is 2.35 bits per heavy atom. The number of nitriles is 1. The molecule has 20 heavy (non-hydrogen) atoms. The zero-order valence-corrected chi connectivity index (χ0v) is 11.9. The van der Waals surface area contributed by atoms with Gasteiger partial charge in [-0.25, -0.2) is 4.79 Å². The van der Waals surface area contributed by atoms with Gasteiger partial charge in [0.1, 0.15) is 5.75 Å².